The molecule has 3 rings (SSSR count). The highest BCUT2D eigenvalue weighted by atomic mass is 19.1. The summed E-state index contributed by atoms with van der Waals surface area (Å²) in [7, 11) is 0. The van der Waals surface area contributed by atoms with E-state index in [1.165, 1.54) is 12.2 Å². The maximum absolute atomic E-state index is 13.6. The molecule has 1 aliphatic rings. The van der Waals surface area contributed by atoms with Crippen molar-refractivity contribution in [1.82, 2.24) is 14.6 Å². The van der Waals surface area contributed by atoms with E-state index in [4.69, 9.17) is 10.8 Å². The number of aryl methyl sites for hydroxylation is 2. The number of allylic oxidation sites excluding steroid dienone is 4. The predicted octanol–water partition coefficient (Wildman–Crippen LogP) is 2.64. The molecule has 0 aliphatic heterocycles. The molecule has 0 unspecified atom stereocenters. The molecule has 0 fully saturated rings. The average Bonchev–Trinajstić information content (AvgIpc) is 2.76. The van der Waals surface area contributed by atoms with E-state index in [9.17, 15) is 4.39 Å². The van der Waals surface area contributed by atoms with Gasteiger partial charge in [-0.15, -0.1) is 0 Å². The Morgan fingerprint density at radius 2 is 1.95 bits per heavy atom. The Morgan fingerprint density at radius 1 is 1.20 bits per heavy atom. The summed E-state index contributed by atoms with van der Waals surface area (Å²) in [6, 6.07) is 1.81. The van der Waals surface area contributed by atoms with Gasteiger partial charge in [-0.2, -0.15) is 5.10 Å². The molecule has 2 N–H and O–H groups in total. The van der Waals surface area contributed by atoms with E-state index in [1.54, 1.807) is 16.8 Å². The van der Waals surface area contributed by atoms with Crippen LogP contribution in [-0.4, -0.2) is 26.0 Å². The largest absolute Gasteiger partial charge is 0.299 e. The first-order valence-corrected chi connectivity index (χ1v) is 6.06. The number of fused-ring (bicyclic) bond motifs is 1. The molecule has 20 heavy (non-hydrogen) atoms. The van der Waals surface area contributed by atoms with E-state index in [2.05, 4.69) is 10.1 Å². The third-order valence-electron chi connectivity index (χ3n) is 3.12. The Kier molecular flexibility index (Phi) is 2.60. The van der Waals surface area contributed by atoms with Crippen molar-refractivity contribution in [1.29, 1.82) is 10.8 Å². The van der Waals surface area contributed by atoms with Gasteiger partial charge in [0.05, 0.1) is 23.3 Å². The summed E-state index contributed by atoms with van der Waals surface area (Å²) in [5, 5.41) is 19.4. The van der Waals surface area contributed by atoms with Crippen LogP contribution >= 0.6 is 0 Å². The molecule has 2 heterocycles. The summed E-state index contributed by atoms with van der Waals surface area (Å²) >= 11 is 0. The van der Waals surface area contributed by atoms with Crippen LogP contribution in [0.1, 0.15) is 17.0 Å². The third-order valence-corrected chi connectivity index (χ3v) is 3.12. The second-order valence-corrected chi connectivity index (χ2v) is 4.74. The molecule has 5 nitrogen and oxygen atoms in total. The SMILES string of the molecule is Cc1cn2nc(C3=CC(=N)C(=N)C(F)=C3)cc(C)c2n1. The van der Waals surface area contributed by atoms with Crippen molar-refractivity contribution in [3.05, 3.63) is 47.2 Å². The van der Waals surface area contributed by atoms with E-state index in [0.29, 0.717) is 11.3 Å². The summed E-state index contributed by atoms with van der Waals surface area (Å²) in [5.41, 5.74) is 3.03. The summed E-state index contributed by atoms with van der Waals surface area (Å²) < 4.78 is 15.2. The Bertz CT molecular complexity index is 825. The van der Waals surface area contributed by atoms with Crippen LogP contribution < -0.4 is 0 Å². The van der Waals surface area contributed by atoms with Crippen LogP contribution in [0, 0.1) is 24.7 Å². The van der Waals surface area contributed by atoms with Crippen molar-refractivity contribution in [3.8, 4) is 0 Å². The first-order chi connectivity index (χ1) is 9.45. The van der Waals surface area contributed by atoms with Crippen molar-refractivity contribution in [2.24, 2.45) is 0 Å². The lowest BCUT2D eigenvalue weighted by Gasteiger charge is -2.11. The number of imidazole rings is 1. The highest BCUT2D eigenvalue weighted by molar-refractivity contribution is 6.51. The molecule has 1 aliphatic carbocycles. The summed E-state index contributed by atoms with van der Waals surface area (Å²) in [6.45, 7) is 3.79. The highest BCUT2D eigenvalue weighted by Gasteiger charge is 2.18. The van der Waals surface area contributed by atoms with Crippen LogP contribution in [0.3, 0.4) is 0 Å². The standard InChI is InChI=1S/C14H12FN5/c1-7-3-12(19-20-6-8(2)18-14(7)20)9-4-10(15)13(17)11(16)5-9/h3-6,16-17H,1-2H3. The highest BCUT2D eigenvalue weighted by Crippen LogP contribution is 2.23. The lowest BCUT2D eigenvalue weighted by Crippen LogP contribution is -2.14. The van der Waals surface area contributed by atoms with E-state index in [-0.39, 0.29) is 5.71 Å². The minimum absolute atomic E-state index is 0.152. The van der Waals surface area contributed by atoms with E-state index < -0.39 is 11.5 Å². The van der Waals surface area contributed by atoms with Crippen molar-refractivity contribution in [2.75, 3.05) is 0 Å². The second kappa shape index (κ2) is 4.19. The first kappa shape index (κ1) is 12.4. The maximum Gasteiger partial charge on any atom is 0.156 e. The number of halogens is 1. The molecule has 0 saturated carbocycles. The number of rotatable bonds is 1. The number of hydrogen-bond acceptors (Lipinski definition) is 4. The first-order valence-electron chi connectivity index (χ1n) is 6.06. The molecule has 0 bridgehead atoms. The summed E-state index contributed by atoms with van der Waals surface area (Å²) in [4.78, 5) is 4.36. The van der Waals surface area contributed by atoms with E-state index >= 15 is 0 Å². The quantitative estimate of drug-likeness (QED) is 0.780. The van der Waals surface area contributed by atoms with Gasteiger partial charge in [0, 0.05) is 5.57 Å². The lowest BCUT2D eigenvalue weighted by molar-refractivity contribution is 0.682. The topological polar surface area (TPSA) is 77.9 Å². The zero-order valence-electron chi connectivity index (χ0n) is 11.0. The van der Waals surface area contributed by atoms with Gasteiger partial charge in [-0.3, -0.25) is 10.8 Å². The fourth-order valence-electron chi connectivity index (χ4n) is 2.14. The molecule has 6 heteroatoms. The average molecular weight is 269 g/mol. The molecular formula is C14H12FN5. The van der Waals surface area contributed by atoms with Crippen LogP contribution in [-0.2, 0) is 0 Å². The van der Waals surface area contributed by atoms with E-state index in [0.717, 1.165) is 16.9 Å². The number of nitrogens with zero attached hydrogens (tertiary/aromatic N) is 3. The maximum atomic E-state index is 13.6. The molecule has 0 radical (unpaired) electrons. The summed E-state index contributed by atoms with van der Waals surface area (Å²) in [5.74, 6) is -0.714. The molecule has 0 aromatic carbocycles. The molecule has 2 aromatic heterocycles. The molecule has 0 saturated heterocycles. The van der Waals surface area contributed by atoms with Gasteiger partial charge in [-0.25, -0.2) is 13.9 Å². The van der Waals surface area contributed by atoms with Crippen LogP contribution in [0.15, 0.2) is 30.2 Å². The van der Waals surface area contributed by atoms with Gasteiger partial charge in [0.15, 0.2) is 11.5 Å². The molecule has 0 spiro atoms. The smallest absolute Gasteiger partial charge is 0.156 e. The molecule has 100 valence electrons. The zero-order valence-corrected chi connectivity index (χ0v) is 11.0. The molecule has 0 amide bonds. The fraction of sp³-hybridized carbons (Fsp3) is 0.143. The van der Waals surface area contributed by atoms with Crippen molar-refractivity contribution in [3.63, 3.8) is 0 Å². The monoisotopic (exact) mass is 269 g/mol. The molecule has 0 atom stereocenters. The van der Waals surface area contributed by atoms with Crippen molar-refractivity contribution >= 4 is 22.6 Å². The van der Waals surface area contributed by atoms with Gasteiger partial charge in [-0.1, -0.05) is 0 Å². The van der Waals surface area contributed by atoms with Crippen LogP contribution in [0.5, 0.6) is 0 Å². The Hall–Kier alpha value is -2.63. The minimum Gasteiger partial charge on any atom is -0.299 e. The van der Waals surface area contributed by atoms with Crippen LogP contribution in [0.25, 0.3) is 11.2 Å². The molecular weight excluding hydrogens is 257 g/mol. The van der Waals surface area contributed by atoms with E-state index in [1.807, 2.05) is 13.8 Å². The normalized spacial score (nSPS) is 15.6. The lowest BCUT2D eigenvalue weighted by atomic mass is 10.00. The second-order valence-electron chi connectivity index (χ2n) is 4.74. The Labute approximate surface area is 114 Å². The fourth-order valence-corrected chi connectivity index (χ4v) is 2.14. The Morgan fingerprint density at radius 3 is 2.65 bits per heavy atom. The molecule has 2 aromatic rings. The van der Waals surface area contributed by atoms with Crippen LogP contribution in [0.2, 0.25) is 0 Å². The van der Waals surface area contributed by atoms with Crippen LogP contribution in [0.4, 0.5) is 4.39 Å². The van der Waals surface area contributed by atoms with Crippen molar-refractivity contribution in [2.45, 2.75) is 13.8 Å². The third kappa shape index (κ3) is 1.85. The van der Waals surface area contributed by atoms with Gasteiger partial charge < -0.3 is 0 Å². The minimum atomic E-state index is -0.714. The number of aromatic nitrogens is 3. The van der Waals surface area contributed by atoms with Gasteiger partial charge in [0.2, 0.25) is 0 Å². The van der Waals surface area contributed by atoms with Crippen molar-refractivity contribution < 1.29 is 4.39 Å². The Balaban J connectivity index is 2.18. The van der Waals surface area contributed by atoms with Gasteiger partial charge in [0.25, 0.3) is 0 Å². The number of hydrogen-bond donors (Lipinski definition) is 2. The van der Waals surface area contributed by atoms with Gasteiger partial charge in [-0.05, 0) is 37.6 Å². The van der Waals surface area contributed by atoms with Gasteiger partial charge >= 0.3 is 0 Å². The summed E-state index contributed by atoms with van der Waals surface area (Å²) in [6.07, 6.45) is 4.48. The van der Waals surface area contributed by atoms with Gasteiger partial charge in [0.1, 0.15) is 5.71 Å². The zero-order chi connectivity index (χ0) is 14.4. The predicted molar refractivity (Wildman–Crippen MR) is 75.1 cm³/mol. The number of nitrogens with one attached hydrogen (secondary N) is 2.